The van der Waals surface area contributed by atoms with Gasteiger partial charge >= 0.3 is 0 Å². The molecule has 0 fully saturated rings. The molecule has 0 bridgehead atoms. The van der Waals surface area contributed by atoms with Crippen molar-refractivity contribution < 1.29 is 14.1 Å². The first kappa shape index (κ1) is 17.5. The third-order valence-electron chi connectivity index (χ3n) is 4.01. The standard InChI is InChI=1S/C22H17N3O3/c26-22(23-17-11-5-2-6-12-17)18-13-7-8-14-19(18)27-15-20-24-21(25-28-20)16-9-3-1-4-10-16/h1-14H,15H2,(H,23,26). The number of ether oxygens (including phenoxy) is 1. The molecule has 0 atom stereocenters. The molecule has 0 radical (unpaired) electrons. The van der Waals surface area contributed by atoms with E-state index in [1.807, 2.05) is 60.7 Å². The highest BCUT2D eigenvalue weighted by molar-refractivity contribution is 6.06. The molecule has 6 nitrogen and oxygen atoms in total. The van der Waals surface area contributed by atoms with Crippen LogP contribution in [0, 0.1) is 0 Å². The number of hydrogen-bond acceptors (Lipinski definition) is 5. The SMILES string of the molecule is O=C(Nc1ccccc1)c1ccccc1OCc1nc(-c2ccccc2)no1. The van der Waals surface area contributed by atoms with Crippen LogP contribution < -0.4 is 10.1 Å². The van der Waals surface area contributed by atoms with Gasteiger partial charge in [-0.2, -0.15) is 4.98 Å². The summed E-state index contributed by atoms with van der Waals surface area (Å²) >= 11 is 0. The molecular weight excluding hydrogens is 354 g/mol. The molecule has 4 aromatic rings. The van der Waals surface area contributed by atoms with Crippen molar-refractivity contribution in [3.63, 3.8) is 0 Å². The van der Waals surface area contributed by atoms with E-state index >= 15 is 0 Å². The Bertz CT molecular complexity index is 1060. The van der Waals surface area contributed by atoms with Gasteiger partial charge in [-0.1, -0.05) is 65.8 Å². The molecule has 0 aliphatic rings. The third kappa shape index (κ3) is 4.07. The zero-order valence-electron chi connectivity index (χ0n) is 14.9. The summed E-state index contributed by atoms with van der Waals surface area (Å²) < 4.78 is 11.0. The molecule has 28 heavy (non-hydrogen) atoms. The van der Waals surface area contributed by atoms with Crippen molar-refractivity contribution in [2.45, 2.75) is 6.61 Å². The lowest BCUT2D eigenvalue weighted by Crippen LogP contribution is -2.13. The molecule has 138 valence electrons. The van der Waals surface area contributed by atoms with E-state index in [0.717, 1.165) is 5.56 Å². The summed E-state index contributed by atoms with van der Waals surface area (Å²) in [5.41, 5.74) is 2.00. The van der Waals surface area contributed by atoms with Crippen molar-refractivity contribution in [2.24, 2.45) is 0 Å². The van der Waals surface area contributed by atoms with Crippen LogP contribution in [0.4, 0.5) is 5.69 Å². The molecule has 0 saturated carbocycles. The predicted molar refractivity (Wildman–Crippen MR) is 105 cm³/mol. The molecule has 0 unspecified atom stereocenters. The van der Waals surface area contributed by atoms with E-state index in [1.165, 1.54) is 0 Å². The van der Waals surface area contributed by atoms with Gasteiger partial charge in [0, 0.05) is 11.3 Å². The van der Waals surface area contributed by atoms with Crippen LogP contribution in [0.25, 0.3) is 11.4 Å². The van der Waals surface area contributed by atoms with Crippen molar-refractivity contribution >= 4 is 11.6 Å². The normalized spacial score (nSPS) is 10.4. The van der Waals surface area contributed by atoms with Gasteiger partial charge in [-0.15, -0.1) is 0 Å². The number of rotatable bonds is 6. The second-order valence-corrected chi connectivity index (χ2v) is 5.98. The Morgan fingerprint density at radius 2 is 1.57 bits per heavy atom. The number of para-hydroxylation sites is 2. The minimum Gasteiger partial charge on any atom is -0.483 e. The molecule has 4 rings (SSSR count). The molecule has 3 aromatic carbocycles. The lowest BCUT2D eigenvalue weighted by atomic mass is 10.2. The maximum Gasteiger partial charge on any atom is 0.264 e. The highest BCUT2D eigenvalue weighted by Gasteiger charge is 2.14. The summed E-state index contributed by atoms with van der Waals surface area (Å²) in [6, 6.07) is 25.8. The van der Waals surface area contributed by atoms with Crippen molar-refractivity contribution in [3.8, 4) is 17.1 Å². The minimum atomic E-state index is -0.252. The van der Waals surface area contributed by atoms with Crippen molar-refractivity contribution in [1.29, 1.82) is 0 Å². The summed E-state index contributed by atoms with van der Waals surface area (Å²) in [4.78, 5) is 16.9. The number of benzene rings is 3. The van der Waals surface area contributed by atoms with Gasteiger partial charge in [0.15, 0.2) is 6.61 Å². The van der Waals surface area contributed by atoms with Gasteiger partial charge in [0.2, 0.25) is 5.82 Å². The van der Waals surface area contributed by atoms with E-state index in [0.29, 0.717) is 28.7 Å². The van der Waals surface area contributed by atoms with Crippen LogP contribution in [0.15, 0.2) is 89.5 Å². The Balaban J connectivity index is 1.46. The van der Waals surface area contributed by atoms with Crippen LogP contribution in [-0.4, -0.2) is 16.0 Å². The summed E-state index contributed by atoms with van der Waals surface area (Å²) in [6.45, 7) is 0.0649. The molecule has 1 heterocycles. The van der Waals surface area contributed by atoms with Crippen LogP contribution in [0.5, 0.6) is 5.75 Å². The Kier molecular flexibility index (Phi) is 5.11. The monoisotopic (exact) mass is 371 g/mol. The number of aromatic nitrogens is 2. The van der Waals surface area contributed by atoms with Crippen LogP contribution in [0.3, 0.4) is 0 Å². The summed E-state index contributed by atoms with van der Waals surface area (Å²) in [6.07, 6.45) is 0. The molecule has 0 spiro atoms. The Morgan fingerprint density at radius 1 is 0.893 bits per heavy atom. The van der Waals surface area contributed by atoms with E-state index in [1.54, 1.807) is 24.3 Å². The zero-order valence-corrected chi connectivity index (χ0v) is 14.9. The third-order valence-corrected chi connectivity index (χ3v) is 4.01. The molecule has 0 aliphatic heterocycles. The van der Waals surface area contributed by atoms with Crippen LogP contribution in [0.2, 0.25) is 0 Å². The van der Waals surface area contributed by atoms with Crippen LogP contribution >= 0.6 is 0 Å². The second kappa shape index (κ2) is 8.18. The topological polar surface area (TPSA) is 77.2 Å². The molecule has 1 aromatic heterocycles. The van der Waals surface area contributed by atoms with E-state index in [2.05, 4.69) is 15.5 Å². The van der Waals surface area contributed by atoms with Gasteiger partial charge in [-0.25, -0.2) is 0 Å². The zero-order chi connectivity index (χ0) is 19.2. The molecular formula is C22H17N3O3. The second-order valence-electron chi connectivity index (χ2n) is 5.98. The highest BCUT2D eigenvalue weighted by Crippen LogP contribution is 2.21. The number of carbonyl (C=O) groups is 1. The summed E-state index contributed by atoms with van der Waals surface area (Å²) in [5, 5.41) is 6.82. The lowest BCUT2D eigenvalue weighted by Gasteiger charge is -2.10. The quantitative estimate of drug-likeness (QED) is 0.537. The van der Waals surface area contributed by atoms with E-state index in [-0.39, 0.29) is 12.5 Å². The number of anilines is 1. The van der Waals surface area contributed by atoms with Gasteiger partial charge in [0.25, 0.3) is 11.8 Å². The summed E-state index contributed by atoms with van der Waals surface area (Å²) in [5.74, 6) is 1.01. The first-order chi connectivity index (χ1) is 13.8. The van der Waals surface area contributed by atoms with Gasteiger partial charge in [-0.3, -0.25) is 4.79 Å². The smallest absolute Gasteiger partial charge is 0.264 e. The Hall–Kier alpha value is -3.93. The van der Waals surface area contributed by atoms with Crippen molar-refractivity contribution in [2.75, 3.05) is 5.32 Å². The van der Waals surface area contributed by atoms with Crippen LogP contribution in [-0.2, 0) is 6.61 Å². The maximum atomic E-state index is 12.6. The number of hydrogen-bond donors (Lipinski definition) is 1. The number of amides is 1. The minimum absolute atomic E-state index is 0.0649. The fourth-order valence-corrected chi connectivity index (χ4v) is 2.66. The molecule has 1 N–H and O–H groups in total. The highest BCUT2D eigenvalue weighted by atomic mass is 16.5. The average Bonchev–Trinajstić information content (AvgIpc) is 3.23. The van der Waals surface area contributed by atoms with Gasteiger partial charge < -0.3 is 14.6 Å². The fraction of sp³-hybridized carbons (Fsp3) is 0.0455. The molecule has 0 saturated heterocycles. The molecule has 6 heteroatoms. The molecule has 0 aliphatic carbocycles. The first-order valence-corrected chi connectivity index (χ1v) is 8.76. The maximum absolute atomic E-state index is 12.6. The number of nitrogens with one attached hydrogen (secondary N) is 1. The largest absolute Gasteiger partial charge is 0.483 e. The number of nitrogens with zero attached hydrogens (tertiary/aromatic N) is 2. The van der Waals surface area contributed by atoms with E-state index < -0.39 is 0 Å². The van der Waals surface area contributed by atoms with E-state index in [4.69, 9.17) is 9.26 Å². The van der Waals surface area contributed by atoms with Gasteiger partial charge in [0.1, 0.15) is 5.75 Å². The lowest BCUT2D eigenvalue weighted by molar-refractivity contribution is 0.102. The van der Waals surface area contributed by atoms with Crippen molar-refractivity contribution in [1.82, 2.24) is 10.1 Å². The van der Waals surface area contributed by atoms with Crippen LogP contribution in [0.1, 0.15) is 16.2 Å². The number of carbonyl (C=O) groups excluding carboxylic acids is 1. The summed E-state index contributed by atoms with van der Waals surface area (Å²) in [7, 11) is 0. The van der Waals surface area contributed by atoms with E-state index in [9.17, 15) is 4.79 Å². The predicted octanol–water partition coefficient (Wildman–Crippen LogP) is 4.57. The fourth-order valence-electron chi connectivity index (χ4n) is 2.66. The van der Waals surface area contributed by atoms with Gasteiger partial charge in [-0.05, 0) is 24.3 Å². The van der Waals surface area contributed by atoms with Crippen molar-refractivity contribution in [3.05, 3.63) is 96.4 Å². The molecule has 1 amide bonds. The van der Waals surface area contributed by atoms with Gasteiger partial charge in [0.05, 0.1) is 5.56 Å². The Morgan fingerprint density at radius 3 is 2.36 bits per heavy atom. The first-order valence-electron chi connectivity index (χ1n) is 8.76. The average molecular weight is 371 g/mol. The Labute approximate surface area is 161 Å².